The van der Waals surface area contributed by atoms with Gasteiger partial charge in [0.1, 0.15) is 5.75 Å². The molecular formula is C17H16F3N5O3S. The summed E-state index contributed by atoms with van der Waals surface area (Å²) in [5, 5.41) is 11.2. The molecule has 29 heavy (non-hydrogen) atoms. The van der Waals surface area contributed by atoms with E-state index in [0.29, 0.717) is 11.1 Å². The monoisotopic (exact) mass is 427 g/mol. The van der Waals surface area contributed by atoms with E-state index in [0.717, 1.165) is 0 Å². The van der Waals surface area contributed by atoms with E-state index in [2.05, 4.69) is 25.0 Å². The number of benzene rings is 2. The van der Waals surface area contributed by atoms with Crippen LogP contribution in [-0.2, 0) is 23.5 Å². The lowest BCUT2D eigenvalue weighted by molar-refractivity contribution is -0.274. The first-order valence-corrected chi connectivity index (χ1v) is 9.72. The van der Waals surface area contributed by atoms with Crippen molar-refractivity contribution in [2.24, 2.45) is 7.05 Å². The van der Waals surface area contributed by atoms with Gasteiger partial charge in [-0.25, -0.2) is 17.8 Å². The van der Waals surface area contributed by atoms with Crippen molar-refractivity contribution in [3.8, 4) is 17.1 Å². The summed E-state index contributed by atoms with van der Waals surface area (Å²) in [6.07, 6.45) is -4.80. The van der Waals surface area contributed by atoms with Crippen LogP contribution in [0.5, 0.6) is 5.75 Å². The van der Waals surface area contributed by atoms with Crippen molar-refractivity contribution in [3.63, 3.8) is 0 Å². The van der Waals surface area contributed by atoms with Crippen LogP contribution in [0.15, 0.2) is 47.4 Å². The Morgan fingerprint density at radius 3 is 2.48 bits per heavy atom. The SMILES string of the molecule is CNS(=O)(=O)c1ccc(Cc2ccccc2OC(F)(F)F)c(-c2nnnn2C)c1. The third kappa shape index (κ3) is 4.71. The molecule has 0 aliphatic heterocycles. The van der Waals surface area contributed by atoms with Crippen molar-refractivity contribution in [1.82, 2.24) is 24.9 Å². The number of hydrogen-bond donors (Lipinski definition) is 1. The van der Waals surface area contributed by atoms with Crippen molar-refractivity contribution in [2.45, 2.75) is 17.7 Å². The zero-order chi connectivity index (χ0) is 21.2. The van der Waals surface area contributed by atoms with Crippen molar-refractivity contribution in [3.05, 3.63) is 53.6 Å². The van der Waals surface area contributed by atoms with Crippen LogP contribution in [0.2, 0.25) is 0 Å². The fourth-order valence-electron chi connectivity index (χ4n) is 2.74. The number of rotatable bonds is 6. The number of halogens is 3. The second-order valence-electron chi connectivity index (χ2n) is 5.98. The number of aryl methyl sites for hydroxylation is 1. The lowest BCUT2D eigenvalue weighted by Crippen LogP contribution is -2.19. The molecule has 1 N–H and O–H groups in total. The lowest BCUT2D eigenvalue weighted by Gasteiger charge is -2.15. The molecule has 0 saturated heterocycles. The zero-order valence-electron chi connectivity index (χ0n) is 15.3. The minimum atomic E-state index is -4.84. The molecule has 2 aromatic carbocycles. The van der Waals surface area contributed by atoms with E-state index in [-0.39, 0.29) is 28.5 Å². The van der Waals surface area contributed by atoms with Crippen molar-refractivity contribution < 1.29 is 26.3 Å². The van der Waals surface area contributed by atoms with Crippen LogP contribution in [0.1, 0.15) is 11.1 Å². The van der Waals surface area contributed by atoms with Gasteiger partial charge >= 0.3 is 6.36 Å². The van der Waals surface area contributed by atoms with E-state index < -0.39 is 16.4 Å². The molecule has 0 fully saturated rings. The molecule has 3 rings (SSSR count). The topological polar surface area (TPSA) is 99.0 Å². The van der Waals surface area contributed by atoms with Crippen LogP contribution >= 0.6 is 0 Å². The van der Waals surface area contributed by atoms with Gasteiger partial charge in [-0.15, -0.1) is 18.3 Å². The number of sulfonamides is 1. The second kappa shape index (κ2) is 7.79. The normalized spacial score (nSPS) is 12.2. The Labute approximate surface area is 164 Å². The molecule has 0 unspecified atom stereocenters. The Bertz CT molecular complexity index is 1130. The first-order chi connectivity index (χ1) is 13.6. The highest BCUT2D eigenvalue weighted by atomic mass is 32.2. The van der Waals surface area contributed by atoms with E-state index in [9.17, 15) is 21.6 Å². The summed E-state index contributed by atoms with van der Waals surface area (Å²) in [6, 6.07) is 9.98. The summed E-state index contributed by atoms with van der Waals surface area (Å²) in [4.78, 5) is -0.0263. The number of aromatic nitrogens is 4. The maximum Gasteiger partial charge on any atom is 0.573 e. The highest BCUT2D eigenvalue weighted by Crippen LogP contribution is 2.31. The fourth-order valence-corrected chi connectivity index (χ4v) is 3.50. The number of para-hydroxylation sites is 1. The molecule has 3 aromatic rings. The number of nitrogens with zero attached hydrogens (tertiary/aromatic N) is 4. The third-order valence-electron chi connectivity index (χ3n) is 4.10. The summed E-state index contributed by atoms with van der Waals surface area (Å²) in [7, 11) is -0.904. The molecule has 0 radical (unpaired) electrons. The maximum absolute atomic E-state index is 12.7. The molecule has 12 heteroatoms. The second-order valence-corrected chi connectivity index (χ2v) is 7.87. The van der Waals surface area contributed by atoms with Crippen molar-refractivity contribution in [1.29, 1.82) is 0 Å². The third-order valence-corrected chi connectivity index (χ3v) is 5.51. The first-order valence-electron chi connectivity index (χ1n) is 8.23. The standard InChI is InChI=1S/C17H16F3N5O3S/c1-21-29(26,27)13-8-7-11(14(10-13)16-22-23-24-25(16)2)9-12-5-3-4-6-15(12)28-17(18,19)20/h3-8,10,21H,9H2,1-2H3. The number of nitrogens with one attached hydrogen (secondary N) is 1. The Morgan fingerprint density at radius 1 is 1.14 bits per heavy atom. The Kier molecular flexibility index (Phi) is 5.57. The highest BCUT2D eigenvalue weighted by Gasteiger charge is 2.32. The van der Waals surface area contributed by atoms with Gasteiger partial charge in [0.25, 0.3) is 0 Å². The smallest absolute Gasteiger partial charge is 0.405 e. The van der Waals surface area contributed by atoms with E-state index in [1.54, 1.807) is 13.1 Å². The predicted molar refractivity (Wildman–Crippen MR) is 96.4 cm³/mol. The molecule has 8 nitrogen and oxygen atoms in total. The van der Waals surface area contributed by atoms with Crippen LogP contribution in [-0.4, -0.2) is 42.0 Å². The molecule has 154 valence electrons. The van der Waals surface area contributed by atoms with Crippen molar-refractivity contribution >= 4 is 10.0 Å². The average molecular weight is 427 g/mol. The van der Waals surface area contributed by atoms with Crippen LogP contribution in [0.3, 0.4) is 0 Å². The molecule has 0 amide bonds. The molecule has 1 aromatic heterocycles. The number of tetrazole rings is 1. The summed E-state index contributed by atoms with van der Waals surface area (Å²) in [5.41, 5.74) is 1.16. The molecule has 0 saturated carbocycles. The minimum Gasteiger partial charge on any atom is -0.405 e. The summed E-state index contributed by atoms with van der Waals surface area (Å²) in [5.74, 6) is -0.0728. The lowest BCUT2D eigenvalue weighted by atomic mass is 9.98. The van der Waals surface area contributed by atoms with E-state index in [1.807, 2.05) is 0 Å². The first kappa shape index (κ1) is 20.7. The van der Waals surface area contributed by atoms with Gasteiger partial charge in [-0.1, -0.05) is 24.3 Å². The zero-order valence-corrected chi connectivity index (χ0v) is 16.1. The number of alkyl halides is 3. The van der Waals surface area contributed by atoms with Gasteiger partial charge < -0.3 is 4.74 Å². The summed E-state index contributed by atoms with van der Waals surface area (Å²) >= 11 is 0. The van der Waals surface area contributed by atoms with E-state index in [1.165, 1.54) is 48.1 Å². The predicted octanol–water partition coefficient (Wildman–Crippen LogP) is 2.27. The van der Waals surface area contributed by atoms with Crippen LogP contribution in [0, 0.1) is 0 Å². The Balaban J connectivity index is 2.10. The maximum atomic E-state index is 12.7. The van der Waals surface area contributed by atoms with Gasteiger partial charge in [0.05, 0.1) is 4.90 Å². The van der Waals surface area contributed by atoms with Crippen molar-refractivity contribution in [2.75, 3.05) is 7.05 Å². The van der Waals surface area contributed by atoms with Crippen LogP contribution in [0.4, 0.5) is 13.2 Å². The highest BCUT2D eigenvalue weighted by molar-refractivity contribution is 7.89. The molecule has 0 spiro atoms. The number of hydrogen-bond acceptors (Lipinski definition) is 6. The summed E-state index contributed by atoms with van der Waals surface area (Å²) in [6.45, 7) is 0. The fraction of sp³-hybridized carbons (Fsp3) is 0.235. The quantitative estimate of drug-likeness (QED) is 0.648. The molecule has 0 bridgehead atoms. The van der Waals surface area contributed by atoms with Gasteiger partial charge in [-0.05, 0) is 46.8 Å². The molecule has 1 heterocycles. The molecular weight excluding hydrogens is 411 g/mol. The van der Waals surface area contributed by atoms with Gasteiger partial charge in [0.2, 0.25) is 10.0 Å². The Morgan fingerprint density at radius 2 is 1.86 bits per heavy atom. The van der Waals surface area contributed by atoms with Crippen LogP contribution in [0.25, 0.3) is 11.4 Å². The number of ether oxygens (including phenoxy) is 1. The minimum absolute atomic E-state index is 0.0263. The molecule has 0 aliphatic carbocycles. The van der Waals surface area contributed by atoms with Gasteiger partial charge in [-0.3, -0.25) is 0 Å². The molecule has 0 aliphatic rings. The molecule has 0 atom stereocenters. The van der Waals surface area contributed by atoms with E-state index >= 15 is 0 Å². The van der Waals surface area contributed by atoms with Crippen LogP contribution < -0.4 is 9.46 Å². The van der Waals surface area contributed by atoms with Gasteiger partial charge in [0, 0.05) is 19.0 Å². The summed E-state index contributed by atoms with van der Waals surface area (Å²) < 4.78 is 70.1. The Hall–Kier alpha value is -2.99. The van der Waals surface area contributed by atoms with Gasteiger partial charge in [-0.2, -0.15) is 0 Å². The largest absolute Gasteiger partial charge is 0.573 e. The average Bonchev–Trinajstić information content (AvgIpc) is 3.08. The van der Waals surface area contributed by atoms with Gasteiger partial charge in [0.15, 0.2) is 5.82 Å². The van der Waals surface area contributed by atoms with E-state index in [4.69, 9.17) is 0 Å².